The Hall–Kier alpha value is -4.13. The number of benzene rings is 3. The number of anilines is 1. The van der Waals surface area contributed by atoms with Gasteiger partial charge in [0.1, 0.15) is 11.7 Å². The number of amides is 1. The second-order valence-corrected chi connectivity index (χ2v) is 8.13. The molecule has 7 heteroatoms. The van der Waals surface area contributed by atoms with Crippen LogP contribution < -0.4 is 5.32 Å². The van der Waals surface area contributed by atoms with Crippen LogP contribution in [0.3, 0.4) is 0 Å². The molecule has 1 aromatic heterocycles. The predicted octanol–water partition coefficient (Wildman–Crippen LogP) is 5.97. The lowest BCUT2D eigenvalue weighted by molar-refractivity contribution is -0.136. The number of nitrogens with one attached hydrogen (secondary N) is 1. The number of aromatic nitrogens is 1. The van der Waals surface area contributed by atoms with Crippen LogP contribution in [0.15, 0.2) is 77.4 Å². The van der Waals surface area contributed by atoms with Crippen molar-refractivity contribution < 1.29 is 23.6 Å². The fourth-order valence-corrected chi connectivity index (χ4v) is 3.98. The molecule has 1 aliphatic rings. The first-order chi connectivity index (χ1) is 16.1. The largest absolute Gasteiger partial charge is 0.456 e. The van der Waals surface area contributed by atoms with Gasteiger partial charge >= 0.3 is 6.09 Å². The fraction of sp³-hybridized carbons (Fsp3) is 0.192. The second-order valence-electron chi connectivity index (χ2n) is 8.13. The van der Waals surface area contributed by atoms with E-state index in [9.17, 15) is 9.59 Å². The lowest BCUT2D eigenvalue weighted by Gasteiger charge is -2.15. The first kappa shape index (κ1) is 20.8. The molecule has 33 heavy (non-hydrogen) atoms. The van der Waals surface area contributed by atoms with Crippen LogP contribution in [-0.2, 0) is 19.9 Å². The molecule has 1 amide bonds. The summed E-state index contributed by atoms with van der Waals surface area (Å²) in [6.45, 7) is 2.33. The first-order valence-corrected chi connectivity index (χ1v) is 10.7. The summed E-state index contributed by atoms with van der Waals surface area (Å²) in [5, 5.41) is 7.37. The van der Waals surface area contributed by atoms with Crippen molar-refractivity contribution in [3.8, 4) is 11.1 Å². The third-order valence-electron chi connectivity index (χ3n) is 5.99. The van der Waals surface area contributed by atoms with Gasteiger partial charge in [0, 0.05) is 0 Å². The molecule has 1 heterocycles. The van der Waals surface area contributed by atoms with E-state index in [0.29, 0.717) is 23.1 Å². The monoisotopic (exact) mass is 442 g/mol. The van der Waals surface area contributed by atoms with Crippen molar-refractivity contribution >= 4 is 29.2 Å². The van der Waals surface area contributed by atoms with Gasteiger partial charge in [-0.05, 0) is 54.2 Å². The van der Waals surface area contributed by atoms with Crippen LogP contribution in [-0.4, -0.2) is 17.7 Å². The zero-order chi connectivity index (χ0) is 22.8. The molecule has 166 valence electrons. The Bertz CT molecular complexity index is 1290. The van der Waals surface area contributed by atoms with Crippen molar-refractivity contribution in [3.63, 3.8) is 0 Å². The Labute approximate surface area is 190 Å². The highest BCUT2D eigenvalue weighted by Gasteiger charge is 2.46. The van der Waals surface area contributed by atoms with Gasteiger partial charge in [0.05, 0.1) is 17.3 Å². The Balaban J connectivity index is 1.38. The minimum absolute atomic E-state index is 0.400. The molecule has 0 spiro atoms. The number of nitrogens with zero attached hydrogens (tertiary/aromatic N) is 1. The topological polar surface area (TPSA) is 90.7 Å². The summed E-state index contributed by atoms with van der Waals surface area (Å²) in [6.07, 6.45) is 2.25. The van der Waals surface area contributed by atoms with E-state index in [2.05, 4.69) is 10.5 Å². The number of rotatable bonds is 7. The minimum atomic E-state index is -0.567. The van der Waals surface area contributed by atoms with Gasteiger partial charge in [-0.15, -0.1) is 0 Å². The smallest absolute Gasteiger partial charge is 0.412 e. The van der Waals surface area contributed by atoms with Gasteiger partial charge in [-0.3, -0.25) is 10.1 Å². The lowest BCUT2D eigenvalue weighted by atomic mass is 9.99. The van der Waals surface area contributed by atoms with E-state index in [1.54, 1.807) is 6.20 Å². The van der Waals surface area contributed by atoms with Crippen LogP contribution in [0.4, 0.5) is 10.5 Å². The predicted molar refractivity (Wildman–Crippen MR) is 122 cm³/mol. The van der Waals surface area contributed by atoms with Crippen LogP contribution >= 0.6 is 0 Å². The number of hydrogen-bond acceptors (Lipinski definition) is 6. The van der Waals surface area contributed by atoms with E-state index in [-0.39, 0.29) is 0 Å². The van der Waals surface area contributed by atoms with Crippen molar-refractivity contribution in [2.24, 2.45) is 0 Å². The van der Waals surface area contributed by atoms with Crippen LogP contribution in [0.1, 0.15) is 37.0 Å². The average Bonchev–Trinajstić information content (AvgIpc) is 3.46. The zero-order valence-corrected chi connectivity index (χ0v) is 18.0. The average molecular weight is 442 g/mol. The Kier molecular flexibility index (Phi) is 5.30. The normalized spacial score (nSPS) is 14.9. The molecule has 7 nitrogen and oxygen atoms in total. The van der Waals surface area contributed by atoms with Crippen LogP contribution in [0.5, 0.6) is 0 Å². The molecule has 1 fully saturated rings. The molecule has 1 aliphatic carbocycles. The quantitative estimate of drug-likeness (QED) is 0.355. The van der Waals surface area contributed by atoms with Gasteiger partial charge in [-0.25, -0.2) is 4.79 Å². The number of ether oxygens (including phenoxy) is 2. The van der Waals surface area contributed by atoms with Crippen molar-refractivity contribution in [2.45, 2.75) is 31.5 Å². The summed E-state index contributed by atoms with van der Waals surface area (Å²) in [4.78, 5) is 23.4. The van der Waals surface area contributed by atoms with Gasteiger partial charge in [0.15, 0.2) is 5.58 Å². The van der Waals surface area contributed by atoms with E-state index >= 15 is 0 Å². The Morgan fingerprint density at radius 3 is 2.55 bits per heavy atom. The molecular formula is C26H22N2O5. The van der Waals surface area contributed by atoms with Gasteiger partial charge < -0.3 is 14.0 Å². The highest BCUT2D eigenvalue weighted by atomic mass is 16.6. The lowest BCUT2D eigenvalue weighted by Crippen LogP contribution is -2.16. The molecule has 0 saturated heterocycles. The SMILES string of the molecule is CC(OC(=O)Nc1cc(-c2ccc(C3(OC=O)CC3)cc2)cc2oncc12)c1ccccc1. The van der Waals surface area contributed by atoms with Crippen molar-refractivity contribution in [3.05, 3.63) is 84.1 Å². The standard InChI is InChI=1S/C26H22N2O5/c1-17(18-5-3-2-4-6-18)32-25(30)28-23-13-20(14-24-22(23)15-27-33-24)19-7-9-21(10-8-19)26(11-12-26)31-16-29/h2-10,13-17H,11-12H2,1H3,(H,28,30). The molecule has 3 aromatic carbocycles. The number of hydrogen-bond donors (Lipinski definition) is 1. The van der Waals surface area contributed by atoms with Crippen molar-refractivity contribution in [1.29, 1.82) is 0 Å². The molecule has 0 aliphatic heterocycles. The number of carbonyl (C=O) groups is 2. The zero-order valence-electron chi connectivity index (χ0n) is 18.0. The summed E-state index contributed by atoms with van der Waals surface area (Å²) >= 11 is 0. The molecule has 1 atom stereocenters. The number of carbonyl (C=O) groups excluding carboxylic acids is 2. The molecule has 0 radical (unpaired) electrons. The summed E-state index contributed by atoms with van der Waals surface area (Å²) < 4.78 is 16.2. The van der Waals surface area contributed by atoms with E-state index in [0.717, 1.165) is 35.1 Å². The molecular weight excluding hydrogens is 420 g/mol. The molecule has 1 unspecified atom stereocenters. The molecule has 1 N–H and O–H groups in total. The van der Waals surface area contributed by atoms with E-state index in [1.807, 2.05) is 73.7 Å². The Morgan fingerprint density at radius 2 is 1.85 bits per heavy atom. The summed E-state index contributed by atoms with van der Waals surface area (Å²) in [7, 11) is 0. The fourth-order valence-electron chi connectivity index (χ4n) is 3.98. The van der Waals surface area contributed by atoms with Crippen molar-refractivity contribution in [2.75, 3.05) is 5.32 Å². The third-order valence-corrected chi connectivity index (χ3v) is 5.99. The third kappa shape index (κ3) is 4.17. The van der Waals surface area contributed by atoms with Crippen LogP contribution in [0, 0.1) is 0 Å². The van der Waals surface area contributed by atoms with Crippen LogP contribution in [0.25, 0.3) is 22.1 Å². The van der Waals surface area contributed by atoms with Crippen LogP contribution in [0.2, 0.25) is 0 Å². The van der Waals surface area contributed by atoms with Gasteiger partial charge in [-0.1, -0.05) is 59.8 Å². The van der Waals surface area contributed by atoms with E-state index in [1.165, 1.54) is 0 Å². The summed E-state index contributed by atoms with van der Waals surface area (Å²) in [5.41, 5.74) is 4.25. The number of fused-ring (bicyclic) bond motifs is 1. The molecule has 1 saturated carbocycles. The van der Waals surface area contributed by atoms with Crippen molar-refractivity contribution in [1.82, 2.24) is 5.16 Å². The molecule has 4 aromatic rings. The summed E-state index contributed by atoms with van der Waals surface area (Å²) in [5.74, 6) is 0. The molecule has 5 rings (SSSR count). The van der Waals surface area contributed by atoms with Gasteiger partial charge in [0.2, 0.25) is 0 Å². The molecule has 0 bridgehead atoms. The highest BCUT2D eigenvalue weighted by Crippen LogP contribution is 2.49. The van der Waals surface area contributed by atoms with Gasteiger partial charge in [-0.2, -0.15) is 0 Å². The van der Waals surface area contributed by atoms with E-state index in [4.69, 9.17) is 14.0 Å². The maximum atomic E-state index is 12.6. The second kappa shape index (κ2) is 8.43. The first-order valence-electron chi connectivity index (χ1n) is 10.7. The maximum Gasteiger partial charge on any atom is 0.412 e. The highest BCUT2D eigenvalue weighted by molar-refractivity contribution is 6.00. The minimum Gasteiger partial charge on any atom is -0.456 e. The Morgan fingerprint density at radius 1 is 1.09 bits per heavy atom. The summed E-state index contributed by atoms with van der Waals surface area (Å²) in [6, 6.07) is 21.1. The van der Waals surface area contributed by atoms with E-state index < -0.39 is 17.8 Å². The maximum absolute atomic E-state index is 12.6. The van der Waals surface area contributed by atoms with Gasteiger partial charge in [0.25, 0.3) is 6.47 Å².